The maximum absolute atomic E-state index is 13.1. The third kappa shape index (κ3) is 3.74. The van der Waals surface area contributed by atoms with Gasteiger partial charge in [0.15, 0.2) is 11.5 Å². The van der Waals surface area contributed by atoms with Gasteiger partial charge in [0.05, 0.1) is 18.7 Å². The van der Waals surface area contributed by atoms with Gasteiger partial charge in [-0.25, -0.2) is 4.39 Å². The molecule has 6 heteroatoms. The van der Waals surface area contributed by atoms with Crippen LogP contribution in [0.15, 0.2) is 59.1 Å². The van der Waals surface area contributed by atoms with Crippen molar-refractivity contribution >= 4 is 5.91 Å². The molecule has 1 aromatic heterocycles. The highest BCUT2D eigenvalue weighted by molar-refractivity contribution is 5.93. The molecule has 0 aliphatic rings. The second kappa shape index (κ2) is 7.82. The predicted octanol–water partition coefficient (Wildman–Crippen LogP) is 4.37. The Hall–Kier alpha value is -3.15. The predicted molar refractivity (Wildman–Crippen MR) is 95.4 cm³/mol. The SMILES string of the molecule is CCC(NC(=O)c1cc(-c2ccccc2OC)on1)c1ccc(F)cc1. The fourth-order valence-electron chi connectivity index (χ4n) is 2.71. The Morgan fingerprint density at radius 2 is 1.96 bits per heavy atom. The van der Waals surface area contributed by atoms with Crippen LogP contribution in [-0.2, 0) is 0 Å². The third-order valence-electron chi connectivity index (χ3n) is 4.10. The monoisotopic (exact) mass is 354 g/mol. The summed E-state index contributed by atoms with van der Waals surface area (Å²) in [6.07, 6.45) is 0.661. The zero-order valence-electron chi connectivity index (χ0n) is 14.5. The number of carbonyl (C=O) groups excluding carboxylic acids is 1. The standard InChI is InChI=1S/C20H19FN2O3/c1-3-16(13-8-10-14(21)11-9-13)22-20(24)17-12-19(26-23-17)15-6-4-5-7-18(15)25-2/h4-12,16H,3H2,1-2H3,(H,22,24). The van der Waals surface area contributed by atoms with Gasteiger partial charge >= 0.3 is 0 Å². The molecule has 0 spiro atoms. The van der Waals surface area contributed by atoms with Crippen LogP contribution < -0.4 is 10.1 Å². The number of methoxy groups -OCH3 is 1. The van der Waals surface area contributed by atoms with E-state index in [1.807, 2.05) is 25.1 Å². The molecule has 5 nitrogen and oxygen atoms in total. The Labute approximate surface area is 150 Å². The van der Waals surface area contributed by atoms with Crippen LogP contribution in [0.5, 0.6) is 5.75 Å². The van der Waals surface area contributed by atoms with Gasteiger partial charge in [-0.3, -0.25) is 4.79 Å². The largest absolute Gasteiger partial charge is 0.496 e. The van der Waals surface area contributed by atoms with Crippen LogP contribution in [0.25, 0.3) is 11.3 Å². The first-order chi connectivity index (χ1) is 12.6. The summed E-state index contributed by atoms with van der Waals surface area (Å²) < 4.78 is 23.7. The molecule has 0 saturated carbocycles. The molecule has 0 bridgehead atoms. The Morgan fingerprint density at radius 3 is 2.65 bits per heavy atom. The average Bonchev–Trinajstić information content (AvgIpc) is 3.17. The van der Waals surface area contributed by atoms with Gasteiger partial charge in [0.2, 0.25) is 0 Å². The van der Waals surface area contributed by atoms with Crippen LogP contribution in [0.2, 0.25) is 0 Å². The minimum atomic E-state index is -0.355. The van der Waals surface area contributed by atoms with E-state index in [2.05, 4.69) is 10.5 Å². The molecule has 0 aliphatic carbocycles. The third-order valence-corrected chi connectivity index (χ3v) is 4.10. The molecule has 3 rings (SSSR count). The molecule has 1 amide bonds. The van der Waals surface area contributed by atoms with Crippen LogP contribution >= 0.6 is 0 Å². The van der Waals surface area contributed by atoms with E-state index in [4.69, 9.17) is 9.26 Å². The summed E-state index contributed by atoms with van der Waals surface area (Å²) in [6.45, 7) is 1.94. The molecular weight excluding hydrogens is 335 g/mol. The fraction of sp³-hybridized carbons (Fsp3) is 0.200. The van der Waals surface area contributed by atoms with Crippen molar-refractivity contribution in [2.24, 2.45) is 0 Å². The molecule has 2 aromatic carbocycles. The van der Waals surface area contributed by atoms with Crippen molar-refractivity contribution in [1.29, 1.82) is 0 Å². The topological polar surface area (TPSA) is 64.4 Å². The van der Waals surface area contributed by atoms with E-state index in [0.29, 0.717) is 23.5 Å². The first-order valence-corrected chi connectivity index (χ1v) is 8.28. The zero-order valence-corrected chi connectivity index (χ0v) is 14.5. The summed E-state index contributed by atoms with van der Waals surface area (Å²) in [7, 11) is 1.57. The molecule has 1 atom stereocenters. The zero-order chi connectivity index (χ0) is 18.5. The summed E-state index contributed by atoms with van der Waals surface area (Å²) in [5.74, 6) is 0.412. The number of nitrogens with one attached hydrogen (secondary N) is 1. The number of hydrogen-bond acceptors (Lipinski definition) is 4. The van der Waals surface area contributed by atoms with E-state index in [9.17, 15) is 9.18 Å². The van der Waals surface area contributed by atoms with Gasteiger partial charge in [0, 0.05) is 6.07 Å². The van der Waals surface area contributed by atoms with E-state index in [1.165, 1.54) is 12.1 Å². The second-order valence-electron chi connectivity index (χ2n) is 5.76. The van der Waals surface area contributed by atoms with Gasteiger partial charge < -0.3 is 14.6 Å². The Morgan fingerprint density at radius 1 is 1.23 bits per heavy atom. The number of rotatable bonds is 6. The Kier molecular flexibility index (Phi) is 5.31. The summed E-state index contributed by atoms with van der Waals surface area (Å²) in [6, 6.07) is 14.7. The number of hydrogen-bond donors (Lipinski definition) is 1. The maximum Gasteiger partial charge on any atom is 0.273 e. The number of para-hydroxylation sites is 1. The van der Waals surface area contributed by atoms with Crippen LogP contribution in [0.3, 0.4) is 0 Å². The number of halogens is 1. The Bertz CT molecular complexity index is 890. The lowest BCUT2D eigenvalue weighted by Gasteiger charge is -2.16. The van der Waals surface area contributed by atoms with Crippen molar-refractivity contribution in [2.45, 2.75) is 19.4 Å². The van der Waals surface area contributed by atoms with Crippen molar-refractivity contribution in [1.82, 2.24) is 10.5 Å². The Balaban J connectivity index is 1.78. The van der Waals surface area contributed by atoms with Crippen LogP contribution in [0.1, 0.15) is 35.4 Å². The first-order valence-electron chi connectivity index (χ1n) is 8.28. The van der Waals surface area contributed by atoms with E-state index in [0.717, 1.165) is 5.56 Å². The summed E-state index contributed by atoms with van der Waals surface area (Å²) in [4.78, 5) is 12.5. The van der Waals surface area contributed by atoms with E-state index in [-0.39, 0.29) is 23.5 Å². The molecule has 1 heterocycles. The van der Waals surface area contributed by atoms with Crippen molar-refractivity contribution in [3.63, 3.8) is 0 Å². The van der Waals surface area contributed by atoms with Gasteiger partial charge in [-0.05, 0) is 36.2 Å². The summed E-state index contributed by atoms with van der Waals surface area (Å²) in [5, 5.41) is 6.76. The molecule has 0 aliphatic heterocycles. The number of nitrogens with zero attached hydrogens (tertiary/aromatic N) is 1. The molecule has 3 aromatic rings. The van der Waals surface area contributed by atoms with Crippen molar-refractivity contribution in [3.8, 4) is 17.1 Å². The lowest BCUT2D eigenvalue weighted by atomic mass is 10.0. The summed E-state index contributed by atoms with van der Waals surface area (Å²) >= 11 is 0. The number of benzene rings is 2. The highest BCUT2D eigenvalue weighted by Gasteiger charge is 2.19. The quantitative estimate of drug-likeness (QED) is 0.714. The molecule has 26 heavy (non-hydrogen) atoms. The lowest BCUT2D eigenvalue weighted by molar-refractivity contribution is 0.0926. The smallest absolute Gasteiger partial charge is 0.273 e. The molecule has 1 N–H and O–H groups in total. The highest BCUT2D eigenvalue weighted by atomic mass is 19.1. The minimum Gasteiger partial charge on any atom is -0.496 e. The number of aromatic nitrogens is 1. The van der Waals surface area contributed by atoms with Gasteiger partial charge in [0.25, 0.3) is 5.91 Å². The molecular formula is C20H19FN2O3. The van der Waals surface area contributed by atoms with E-state index >= 15 is 0 Å². The normalized spacial score (nSPS) is 11.8. The van der Waals surface area contributed by atoms with Crippen molar-refractivity contribution in [3.05, 3.63) is 71.7 Å². The van der Waals surface area contributed by atoms with Crippen LogP contribution in [-0.4, -0.2) is 18.2 Å². The highest BCUT2D eigenvalue weighted by Crippen LogP contribution is 2.30. The first kappa shape index (κ1) is 17.7. The average molecular weight is 354 g/mol. The van der Waals surface area contributed by atoms with Crippen molar-refractivity contribution < 1.29 is 18.4 Å². The van der Waals surface area contributed by atoms with Crippen LogP contribution in [0, 0.1) is 5.82 Å². The van der Waals surface area contributed by atoms with E-state index in [1.54, 1.807) is 31.4 Å². The van der Waals surface area contributed by atoms with Gasteiger partial charge in [0.1, 0.15) is 11.6 Å². The summed E-state index contributed by atoms with van der Waals surface area (Å²) in [5.41, 5.74) is 1.72. The van der Waals surface area contributed by atoms with E-state index < -0.39 is 0 Å². The van der Waals surface area contributed by atoms with Gasteiger partial charge in [-0.2, -0.15) is 0 Å². The second-order valence-corrected chi connectivity index (χ2v) is 5.76. The molecule has 0 fully saturated rings. The minimum absolute atomic E-state index is 0.173. The molecule has 0 radical (unpaired) electrons. The molecule has 134 valence electrons. The van der Waals surface area contributed by atoms with Crippen LogP contribution in [0.4, 0.5) is 4.39 Å². The maximum atomic E-state index is 13.1. The lowest BCUT2D eigenvalue weighted by Crippen LogP contribution is -2.28. The number of ether oxygens (including phenoxy) is 1. The van der Waals surface area contributed by atoms with Gasteiger partial charge in [-0.1, -0.05) is 36.3 Å². The van der Waals surface area contributed by atoms with Gasteiger partial charge in [-0.15, -0.1) is 0 Å². The molecule has 1 unspecified atom stereocenters. The van der Waals surface area contributed by atoms with Crippen molar-refractivity contribution in [2.75, 3.05) is 7.11 Å². The number of amides is 1. The fourth-order valence-corrected chi connectivity index (χ4v) is 2.71. The molecule has 0 saturated heterocycles. The number of carbonyl (C=O) groups is 1.